The Morgan fingerprint density at radius 3 is 2.47 bits per heavy atom. The average Bonchev–Trinajstić information content (AvgIpc) is 2.45. The molecule has 1 aromatic rings. The molecule has 3 heteroatoms. The van der Waals surface area contributed by atoms with Crippen molar-refractivity contribution in [2.24, 2.45) is 0 Å². The summed E-state index contributed by atoms with van der Waals surface area (Å²) in [6, 6.07) is 10.9. The van der Waals surface area contributed by atoms with E-state index < -0.39 is 0 Å². The van der Waals surface area contributed by atoms with Gasteiger partial charge in [0.25, 0.3) is 0 Å². The lowest BCUT2D eigenvalue weighted by molar-refractivity contribution is 0.317. The SMILES string of the molecule is CCCOc1ccc(C(C)NC(CC)CC#N)cc1. The third-order valence-electron chi connectivity index (χ3n) is 3.17. The number of hydrogen-bond donors (Lipinski definition) is 1. The molecule has 1 rings (SSSR count). The number of rotatable bonds is 8. The fourth-order valence-electron chi connectivity index (χ4n) is 1.95. The van der Waals surface area contributed by atoms with Crippen molar-refractivity contribution in [1.82, 2.24) is 5.32 Å². The second-order valence-electron chi connectivity index (χ2n) is 4.77. The number of ether oxygens (including phenoxy) is 1. The van der Waals surface area contributed by atoms with Crippen molar-refractivity contribution in [3.8, 4) is 11.8 Å². The molecule has 104 valence electrons. The Balaban J connectivity index is 2.57. The summed E-state index contributed by atoms with van der Waals surface area (Å²) in [4.78, 5) is 0. The summed E-state index contributed by atoms with van der Waals surface area (Å²) in [6.07, 6.45) is 2.54. The van der Waals surface area contributed by atoms with E-state index in [0.29, 0.717) is 6.42 Å². The lowest BCUT2D eigenvalue weighted by Crippen LogP contribution is -2.30. The third kappa shape index (κ3) is 5.32. The fourth-order valence-corrected chi connectivity index (χ4v) is 1.95. The Hall–Kier alpha value is -1.53. The minimum Gasteiger partial charge on any atom is -0.494 e. The van der Waals surface area contributed by atoms with E-state index in [0.717, 1.165) is 25.2 Å². The van der Waals surface area contributed by atoms with Crippen LogP contribution in [0.1, 0.15) is 51.6 Å². The maximum absolute atomic E-state index is 8.76. The van der Waals surface area contributed by atoms with Crippen molar-refractivity contribution in [2.75, 3.05) is 6.61 Å². The van der Waals surface area contributed by atoms with Gasteiger partial charge in [-0.15, -0.1) is 0 Å². The first-order chi connectivity index (χ1) is 9.21. The second-order valence-corrected chi connectivity index (χ2v) is 4.77. The zero-order valence-electron chi connectivity index (χ0n) is 12.1. The molecule has 1 aromatic carbocycles. The van der Waals surface area contributed by atoms with E-state index in [1.54, 1.807) is 0 Å². The first kappa shape index (κ1) is 15.5. The van der Waals surface area contributed by atoms with E-state index in [2.05, 4.69) is 44.3 Å². The molecular weight excluding hydrogens is 236 g/mol. The predicted molar refractivity (Wildman–Crippen MR) is 78.1 cm³/mol. The summed E-state index contributed by atoms with van der Waals surface area (Å²) in [5, 5.41) is 12.2. The predicted octanol–water partition coefficient (Wildman–Crippen LogP) is 3.82. The summed E-state index contributed by atoms with van der Waals surface area (Å²) >= 11 is 0. The van der Waals surface area contributed by atoms with E-state index in [4.69, 9.17) is 10.00 Å². The molecule has 0 saturated carbocycles. The minimum atomic E-state index is 0.249. The van der Waals surface area contributed by atoms with Crippen molar-refractivity contribution < 1.29 is 4.74 Å². The smallest absolute Gasteiger partial charge is 0.119 e. The number of nitriles is 1. The summed E-state index contributed by atoms with van der Waals surface area (Å²) in [6.45, 7) is 7.08. The van der Waals surface area contributed by atoms with Crippen LogP contribution >= 0.6 is 0 Å². The van der Waals surface area contributed by atoms with Gasteiger partial charge in [-0.2, -0.15) is 5.26 Å². The quantitative estimate of drug-likeness (QED) is 0.773. The van der Waals surface area contributed by atoms with Crippen LogP contribution in [0.15, 0.2) is 24.3 Å². The summed E-state index contributed by atoms with van der Waals surface area (Å²) < 4.78 is 5.57. The lowest BCUT2D eigenvalue weighted by atomic mass is 10.1. The van der Waals surface area contributed by atoms with Crippen LogP contribution in [0.4, 0.5) is 0 Å². The Bertz CT molecular complexity index is 394. The van der Waals surface area contributed by atoms with Crippen molar-refractivity contribution in [3.63, 3.8) is 0 Å². The van der Waals surface area contributed by atoms with E-state index in [1.807, 2.05) is 12.1 Å². The Labute approximate surface area is 116 Å². The van der Waals surface area contributed by atoms with Gasteiger partial charge in [0.15, 0.2) is 0 Å². The van der Waals surface area contributed by atoms with Gasteiger partial charge < -0.3 is 10.1 Å². The van der Waals surface area contributed by atoms with E-state index >= 15 is 0 Å². The van der Waals surface area contributed by atoms with Crippen LogP contribution < -0.4 is 10.1 Å². The largest absolute Gasteiger partial charge is 0.494 e. The Kier molecular flexibility index (Phi) is 6.99. The van der Waals surface area contributed by atoms with E-state index in [-0.39, 0.29) is 12.1 Å². The van der Waals surface area contributed by atoms with Gasteiger partial charge in [0, 0.05) is 12.1 Å². The van der Waals surface area contributed by atoms with Gasteiger partial charge in [-0.3, -0.25) is 0 Å². The second kappa shape index (κ2) is 8.55. The maximum atomic E-state index is 8.76. The van der Waals surface area contributed by atoms with Crippen molar-refractivity contribution in [2.45, 2.75) is 52.1 Å². The summed E-state index contributed by atoms with van der Waals surface area (Å²) in [5.41, 5.74) is 1.22. The minimum absolute atomic E-state index is 0.249. The average molecular weight is 260 g/mol. The van der Waals surface area contributed by atoms with Gasteiger partial charge in [0.05, 0.1) is 19.1 Å². The van der Waals surface area contributed by atoms with Crippen LogP contribution in [0, 0.1) is 11.3 Å². The van der Waals surface area contributed by atoms with Crippen molar-refractivity contribution in [3.05, 3.63) is 29.8 Å². The van der Waals surface area contributed by atoms with E-state index in [1.165, 1.54) is 5.56 Å². The lowest BCUT2D eigenvalue weighted by Gasteiger charge is -2.20. The molecule has 0 bridgehead atoms. The standard InChI is InChI=1S/C16H24N2O/c1-4-12-19-16-8-6-14(7-9-16)13(3)18-15(5-2)10-11-17/h6-9,13,15,18H,4-5,10,12H2,1-3H3. The molecule has 0 heterocycles. The molecule has 0 aromatic heterocycles. The number of nitrogens with one attached hydrogen (secondary N) is 1. The van der Waals surface area contributed by atoms with Crippen LogP contribution in [0.5, 0.6) is 5.75 Å². The Morgan fingerprint density at radius 2 is 1.95 bits per heavy atom. The Morgan fingerprint density at radius 1 is 1.26 bits per heavy atom. The van der Waals surface area contributed by atoms with Gasteiger partial charge in [0.2, 0.25) is 0 Å². The van der Waals surface area contributed by atoms with E-state index in [9.17, 15) is 0 Å². The van der Waals surface area contributed by atoms with Crippen molar-refractivity contribution in [1.29, 1.82) is 5.26 Å². The fraction of sp³-hybridized carbons (Fsp3) is 0.562. The van der Waals surface area contributed by atoms with Crippen molar-refractivity contribution >= 4 is 0 Å². The van der Waals surface area contributed by atoms with Gasteiger partial charge >= 0.3 is 0 Å². The summed E-state index contributed by atoms with van der Waals surface area (Å²) in [7, 11) is 0. The topological polar surface area (TPSA) is 45.0 Å². The zero-order chi connectivity index (χ0) is 14.1. The molecule has 2 atom stereocenters. The van der Waals surface area contributed by atoms with Crippen LogP contribution in [0.25, 0.3) is 0 Å². The third-order valence-corrected chi connectivity index (χ3v) is 3.17. The molecule has 0 amide bonds. The van der Waals surface area contributed by atoms with Crippen LogP contribution in [-0.4, -0.2) is 12.6 Å². The molecule has 2 unspecified atom stereocenters. The molecule has 19 heavy (non-hydrogen) atoms. The highest BCUT2D eigenvalue weighted by molar-refractivity contribution is 5.29. The van der Waals surface area contributed by atoms with Crippen LogP contribution in [0.3, 0.4) is 0 Å². The summed E-state index contributed by atoms with van der Waals surface area (Å²) in [5.74, 6) is 0.918. The zero-order valence-corrected chi connectivity index (χ0v) is 12.1. The highest BCUT2D eigenvalue weighted by atomic mass is 16.5. The molecule has 1 N–H and O–H groups in total. The first-order valence-electron chi connectivity index (χ1n) is 7.07. The van der Waals surface area contributed by atoms with Gasteiger partial charge in [-0.05, 0) is 37.5 Å². The molecule has 0 fully saturated rings. The normalized spacial score (nSPS) is 13.6. The molecule has 3 nitrogen and oxygen atoms in total. The highest BCUT2D eigenvalue weighted by Gasteiger charge is 2.11. The molecule has 0 radical (unpaired) electrons. The number of nitrogens with zero attached hydrogens (tertiary/aromatic N) is 1. The molecule has 0 saturated heterocycles. The molecule has 0 aliphatic rings. The molecule has 0 aliphatic heterocycles. The van der Waals surface area contributed by atoms with Gasteiger partial charge in [0.1, 0.15) is 5.75 Å². The van der Waals surface area contributed by atoms with Crippen LogP contribution in [0.2, 0.25) is 0 Å². The number of benzene rings is 1. The molecule has 0 aliphatic carbocycles. The van der Waals surface area contributed by atoms with Gasteiger partial charge in [-0.25, -0.2) is 0 Å². The number of hydrogen-bond acceptors (Lipinski definition) is 3. The maximum Gasteiger partial charge on any atom is 0.119 e. The monoisotopic (exact) mass is 260 g/mol. The molecular formula is C16H24N2O. The van der Waals surface area contributed by atoms with Crippen LogP contribution in [-0.2, 0) is 0 Å². The molecule has 0 spiro atoms. The first-order valence-corrected chi connectivity index (χ1v) is 7.07. The highest BCUT2D eigenvalue weighted by Crippen LogP contribution is 2.19. The van der Waals surface area contributed by atoms with Gasteiger partial charge in [-0.1, -0.05) is 26.0 Å².